The van der Waals surface area contributed by atoms with Crippen LogP contribution in [-0.2, 0) is 22.3 Å². The van der Waals surface area contributed by atoms with Crippen LogP contribution in [0.1, 0.15) is 24.1 Å². The van der Waals surface area contributed by atoms with Crippen LogP contribution in [0.4, 0.5) is 24.8 Å². The van der Waals surface area contributed by atoms with E-state index in [0.29, 0.717) is 36.8 Å². The zero-order chi connectivity index (χ0) is 20.1. The number of rotatable bonds is 5. The lowest BCUT2D eigenvalue weighted by molar-refractivity contribution is -0.142. The van der Waals surface area contributed by atoms with E-state index >= 15 is 0 Å². The molecule has 0 unspecified atom stereocenters. The molecule has 1 aliphatic rings. The smallest absolute Gasteiger partial charge is 0.381 e. The number of carbonyl (C=O) groups excluding carboxylic acids is 1. The molecular weight excluding hydrogens is 397 g/mol. The predicted molar refractivity (Wildman–Crippen MR) is 97.2 cm³/mol. The van der Waals surface area contributed by atoms with Crippen LogP contribution in [-0.4, -0.2) is 29.1 Å². The highest BCUT2D eigenvalue weighted by Gasteiger charge is 2.36. The molecular formula is C18H18ClF3N4O2. The maximum Gasteiger partial charge on any atom is 0.433 e. The first kappa shape index (κ1) is 20.3. The second-order valence-electron chi connectivity index (χ2n) is 6.31. The number of amides is 1. The van der Waals surface area contributed by atoms with Crippen molar-refractivity contribution in [3.05, 3.63) is 46.7 Å². The number of aromatic nitrogens is 2. The van der Waals surface area contributed by atoms with Crippen molar-refractivity contribution in [3.8, 4) is 0 Å². The summed E-state index contributed by atoms with van der Waals surface area (Å²) >= 11 is 5.87. The van der Waals surface area contributed by atoms with E-state index in [1.165, 1.54) is 0 Å². The number of nitrogens with one attached hydrogen (secondary N) is 2. The van der Waals surface area contributed by atoms with Crippen molar-refractivity contribution in [2.75, 3.05) is 18.5 Å². The molecule has 1 fully saturated rings. The second-order valence-corrected chi connectivity index (χ2v) is 6.74. The molecule has 0 spiro atoms. The number of anilines is 2. The van der Waals surface area contributed by atoms with Gasteiger partial charge in [-0.3, -0.25) is 4.79 Å². The first-order chi connectivity index (χ1) is 13.3. The minimum absolute atomic E-state index is 0.204. The van der Waals surface area contributed by atoms with Crippen molar-refractivity contribution < 1.29 is 22.7 Å². The number of nitrogens with zero attached hydrogens (tertiary/aromatic N) is 2. The fourth-order valence-electron chi connectivity index (χ4n) is 2.82. The molecule has 10 heteroatoms. The van der Waals surface area contributed by atoms with Gasteiger partial charge >= 0.3 is 6.18 Å². The molecule has 28 heavy (non-hydrogen) atoms. The molecule has 0 atom stereocenters. The lowest BCUT2D eigenvalue weighted by Gasteiger charge is -2.21. The van der Waals surface area contributed by atoms with Gasteiger partial charge in [0, 0.05) is 48.1 Å². The first-order valence-corrected chi connectivity index (χ1v) is 9.02. The van der Waals surface area contributed by atoms with Crippen molar-refractivity contribution in [2.24, 2.45) is 5.92 Å². The van der Waals surface area contributed by atoms with Gasteiger partial charge in [-0.15, -0.1) is 0 Å². The molecule has 6 nitrogen and oxygen atoms in total. The van der Waals surface area contributed by atoms with Gasteiger partial charge in [-0.2, -0.15) is 13.2 Å². The molecule has 150 valence electrons. The minimum atomic E-state index is -4.69. The van der Waals surface area contributed by atoms with E-state index in [2.05, 4.69) is 20.6 Å². The maximum absolute atomic E-state index is 13.4. The summed E-state index contributed by atoms with van der Waals surface area (Å²) < 4.78 is 45.5. The second kappa shape index (κ2) is 8.74. The SMILES string of the molecule is O=C(NCc1cnc(Nc2cccc(Cl)c2)nc1C(F)(F)F)C1CCOCC1. The molecule has 2 aromatic rings. The topological polar surface area (TPSA) is 76.1 Å². The summed E-state index contributed by atoms with van der Waals surface area (Å²) in [5, 5.41) is 5.66. The summed E-state index contributed by atoms with van der Waals surface area (Å²) in [5.74, 6) is -0.764. The van der Waals surface area contributed by atoms with Crippen LogP contribution in [0.15, 0.2) is 30.5 Å². The van der Waals surface area contributed by atoms with Gasteiger partial charge in [0.05, 0.1) is 0 Å². The average molecular weight is 415 g/mol. The molecule has 1 aromatic carbocycles. The molecule has 0 radical (unpaired) electrons. The summed E-state index contributed by atoms with van der Waals surface area (Å²) in [6, 6.07) is 6.46. The highest BCUT2D eigenvalue weighted by molar-refractivity contribution is 6.30. The van der Waals surface area contributed by atoms with E-state index < -0.39 is 11.9 Å². The predicted octanol–water partition coefficient (Wildman–Crippen LogP) is 3.94. The Balaban J connectivity index is 1.74. The van der Waals surface area contributed by atoms with Gasteiger partial charge in [-0.05, 0) is 31.0 Å². The lowest BCUT2D eigenvalue weighted by Crippen LogP contribution is -2.34. The van der Waals surface area contributed by atoms with Crippen molar-refractivity contribution in [2.45, 2.75) is 25.6 Å². The van der Waals surface area contributed by atoms with Gasteiger partial charge in [-0.25, -0.2) is 9.97 Å². The minimum Gasteiger partial charge on any atom is -0.381 e. The van der Waals surface area contributed by atoms with Crippen LogP contribution < -0.4 is 10.6 Å². The number of ether oxygens (including phenoxy) is 1. The van der Waals surface area contributed by atoms with E-state index in [0.717, 1.165) is 6.20 Å². The molecule has 2 heterocycles. The quantitative estimate of drug-likeness (QED) is 0.775. The maximum atomic E-state index is 13.4. The zero-order valence-corrected chi connectivity index (χ0v) is 15.5. The monoisotopic (exact) mass is 414 g/mol. The fourth-order valence-corrected chi connectivity index (χ4v) is 3.01. The summed E-state index contributed by atoms with van der Waals surface area (Å²) in [4.78, 5) is 19.7. The van der Waals surface area contributed by atoms with Crippen LogP contribution in [0.3, 0.4) is 0 Å². The lowest BCUT2D eigenvalue weighted by atomic mass is 9.99. The van der Waals surface area contributed by atoms with Crippen molar-refractivity contribution >= 4 is 29.1 Å². The Bertz CT molecular complexity index is 842. The highest BCUT2D eigenvalue weighted by Crippen LogP contribution is 2.31. The Labute approximate surface area is 164 Å². The first-order valence-electron chi connectivity index (χ1n) is 8.64. The third-order valence-corrected chi connectivity index (χ3v) is 4.49. The van der Waals surface area contributed by atoms with Gasteiger partial charge in [-0.1, -0.05) is 17.7 Å². The third kappa shape index (κ3) is 5.32. The normalized spacial score (nSPS) is 15.3. The number of hydrogen-bond donors (Lipinski definition) is 2. The molecule has 0 saturated carbocycles. The average Bonchev–Trinajstić information content (AvgIpc) is 2.66. The standard InChI is InChI=1S/C18H18ClF3N4O2/c19-13-2-1-3-14(8-13)25-17-24-10-12(15(26-17)18(20,21)22)9-23-16(27)11-4-6-28-7-5-11/h1-3,8,10-11H,4-7,9H2,(H,23,27)(H,24,25,26). The Morgan fingerprint density at radius 2 is 2.04 bits per heavy atom. The van der Waals surface area contributed by atoms with E-state index in [9.17, 15) is 18.0 Å². The Hall–Kier alpha value is -2.39. The van der Waals surface area contributed by atoms with Crippen LogP contribution in [0.5, 0.6) is 0 Å². The van der Waals surface area contributed by atoms with Gasteiger partial charge in [0.2, 0.25) is 11.9 Å². The van der Waals surface area contributed by atoms with E-state index in [-0.39, 0.29) is 29.9 Å². The Morgan fingerprint density at radius 3 is 2.71 bits per heavy atom. The largest absolute Gasteiger partial charge is 0.433 e. The third-order valence-electron chi connectivity index (χ3n) is 4.26. The molecule has 3 rings (SSSR count). The van der Waals surface area contributed by atoms with E-state index in [4.69, 9.17) is 16.3 Å². The van der Waals surface area contributed by atoms with Crippen molar-refractivity contribution in [1.82, 2.24) is 15.3 Å². The number of hydrogen-bond acceptors (Lipinski definition) is 5. The van der Waals surface area contributed by atoms with E-state index in [1.54, 1.807) is 24.3 Å². The summed E-state index contributed by atoms with van der Waals surface area (Å²) in [5.41, 5.74) is -0.843. The molecule has 1 saturated heterocycles. The number of halogens is 4. The van der Waals surface area contributed by atoms with Crippen molar-refractivity contribution in [1.29, 1.82) is 0 Å². The van der Waals surface area contributed by atoms with Gasteiger partial charge in [0.15, 0.2) is 5.69 Å². The van der Waals surface area contributed by atoms with Crippen LogP contribution in [0, 0.1) is 5.92 Å². The van der Waals surface area contributed by atoms with Gasteiger partial charge < -0.3 is 15.4 Å². The summed E-state index contributed by atoms with van der Waals surface area (Å²) in [6.45, 7) is 0.639. The Morgan fingerprint density at radius 1 is 1.29 bits per heavy atom. The molecule has 0 aliphatic carbocycles. The summed E-state index contributed by atoms with van der Waals surface area (Å²) in [7, 11) is 0. The Kier molecular flexibility index (Phi) is 6.35. The molecule has 0 bridgehead atoms. The molecule has 1 aliphatic heterocycles. The van der Waals surface area contributed by atoms with E-state index in [1.807, 2.05) is 0 Å². The summed E-state index contributed by atoms with van der Waals surface area (Å²) in [6.07, 6.45) is -2.52. The number of alkyl halides is 3. The number of carbonyl (C=O) groups is 1. The van der Waals surface area contributed by atoms with Crippen LogP contribution >= 0.6 is 11.6 Å². The molecule has 1 amide bonds. The van der Waals surface area contributed by atoms with Crippen LogP contribution in [0.25, 0.3) is 0 Å². The molecule has 1 aromatic heterocycles. The van der Waals surface area contributed by atoms with Gasteiger partial charge in [0.1, 0.15) is 0 Å². The number of benzene rings is 1. The van der Waals surface area contributed by atoms with Crippen LogP contribution in [0.2, 0.25) is 5.02 Å². The van der Waals surface area contributed by atoms with Gasteiger partial charge in [0.25, 0.3) is 0 Å². The highest BCUT2D eigenvalue weighted by atomic mass is 35.5. The fraction of sp³-hybridized carbons (Fsp3) is 0.389. The zero-order valence-electron chi connectivity index (χ0n) is 14.7. The van der Waals surface area contributed by atoms with Crippen molar-refractivity contribution in [3.63, 3.8) is 0 Å². The molecule has 2 N–H and O–H groups in total.